The summed E-state index contributed by atoms with van der Waals surface area (Å²) < 4.78 is 2.03. The van der Waals surface area contributed by atoms with Crippen LogP contribution in [0.25, 0.3) is 0 Å². The Morgan fingerprint density at radius 1 is 1.00 bits per heavy atom. The summed E-state index contributed by atoms with van der Waals surface area (Å²) in [6.07, 6.45) is 14.6. The van der Waals surface area contributed by atoms with Crippen LogP contribution in [0.2, 0.25) is 0 Å². The minimum Gasteiger partial charge on any atom is -0.0845 e. The third-order valence-electron chi connectivity index (χ3n) is 1.79. The lowest BCUT2D eigenvalue weighted by Crippen LogP contribution is -1.75. The number of rotatable bonds is 7. The molecule has 1 heteroatoms. The largest absolute Gasteiger partial charge is 0.0845 e. The Hall–Kier alpha value is 0.210. The molecule has 0 N–H and O–H groups in total. The molecular formula is C11H19I. The van der Waals surface area contributed by atoms with Crippen LogP contribution in [0.1, 0.15) is 45.4 Å². The maximum absolute atomic E-state index is 2.26. The average Bonchev–Trinajstić information content (AvgIpc) is 2.10. The summed E-state index contributed by atoms with van der Waals surface area (Å²) in [5.41, 5.74) is 0. The third kappa shape index (κ3) is 10.2. The van der Waals surface area contributed by atoms with Gasteiger partial charge in [0.2, 0.25) is 0 Å². The van der Waals surface area contributed by atoms with Crippen LogP contribution in [0.4, 0.5) is 0 Å². The molecule has 12 heavy (non-hydrogen) atoms. The highest BCUT2D eigenvalue weighted by Crippen LogP contribution is 2.05. The van der Waals surface area contributed by atoms with Gasteiger partial charge in [0.25, 0.3) is 0 Å². The Kier molecular flexibility index (Phi) is 11.4. The fraction of sp³-hybridized carbons (Fsp3) is 0.636. The lowest BCUT2D eigenvalue weighted by atomic mass is 10.1. The van der Waals surface area contributed by atoms with Crippen LogP contribution >= 0.6 is 22.6 Å². The number of unbranched alkanes of at least 4 members (excludes halogenated alkanes) is 5. The van der Waals surface area contributed by atoms with Crippen molar-refractivity contribution >= 4 is 22.6 Å². The summed E-state index contributed by atoms with van der Waals surface area (Å²) in [5, 5.41) is 0. The van der Waals surface area contributed by atoms with Gasteiger partial charge in [0.1, 0.15) is 0 Å². The van der Waals surface area contributed by atoms with E-state index < -0.39 is 0 Å². The van der Waals surface area contributed by atoms with Gasteiger partial charge in [-0.25, -0.2) is 0 Å². The number of hydrogen-bond acceptors (Lipinski definition) is 0. The lowest BCUT2D eigenvalue weighted by molar-refractivity contribution is 0.637. The average molecular weight is 278 g/mol. The minimum absolute atomic E-state index is 1.24. The number of hydrogen-bond donors (Lipinski definition) is 0. The zero-order valence-electron chi connectivity index (χ0n) is 7.93. The van der Waals surface area contributed by atoms with Crippen molar-refractivity contribution in [3.8, 4) is 0 Å². The Bertz CT molecular complexity index is 125. The Balaban J connectivity index is 3.00. The van der Waals surface area contributed by atoms with E-state index in [0.29, 0.717) is 0 Å². The Morgan fingerprint density at radius 2 is 1.75 bits per heavy atom. The molecule has 0 radical (unpaired) electrons. The topological polar surface area (TPSA) is 0 Å². The summed E-state index contributed by atoms with van der Waals surface area (Å²) in [4.78, 5) is 0. The molecule has 0 amide bonds. The molecule has 0 atom stereocenters. The van der Waals surface area contributed by atoms with E-state index in [1.807, 2.05) is 4.08 Å². The molecule has 0 spiro atoms. The molecule has 0 heterocycles. The van der Waals surface area contributed by atoms with E-state index in [4.69, 9.17) is 0 Å². The molecule has 0 saturated carbocycles. The van der Waals surface area contributed by atoms with E-state index in [2.05, 4.69) is 47.7 Å². The van der Waals surface area contributed by atoms with E-state index in [-0.39, 0.29) is 0 Å². The highest BCUT2D eigenvalue weighted by atomic mass is 127. The number of halogens is 1. The van der Waals surface area contributed by atoms with Crippen molar-refractivity contribution in [1.29, 1.82) is 0 Å². The molecular weight excluding hydrogens is 259 g/mol. The van der Waals surface area contributed by atoms with Crippen LogP contribution in [-0.2, 0) is 0 Å². The molecule has 0 aliphatic carbocycles. The van der Waals surface area contributed by atoms with E-state index in [1.54, 1.807) is 0 Å². The van der Waals surface area contributed by atoms with Crippen molar-refractivity contribution in [2.75, 3.05) is 0 Å². The second kappa shape index (κ2) is 11.2. The molecule has 0 aliphatic heterocycles. The maximum atomic E-state index is 2.26. The lowest BCUT2D eigenvalue weighted by Gasteiger charge is -1.95. The van der Waals surface area contributed by atoms with Crippen LogP contribution in [0.3, 0.4) is 0 Å². The predicted molar refractivity (Wildman–Crippen MR) is 65.7 cm³/mol. The van der Waals surface area contributed by atoms with Crippen LogP contribution in [0.15, 0.2) is 22.3 Å². The van der Waals surface area contributed by atoms with Crippen LogP contribution in [0.5, 0.6) is 0 Å². The Morgan fingerprint density at radius 3 is 2.42 bits per heavy atom. The van der Waals surface area contributed by atoms with Crippen molar-refractivity contribution in [1.82, 2.24) is 0 Å². The van der Waals surface area contributed by atoms with Crippen LogP contribution in [0, 0.1) is 0 Å². The molecule has 70 valence electrons. The van der Waals surface area contributed by atoms with E-state index in [9.17, 15) is 0 Å². The molecule has 0 aromatic rings. The predicted octanol–water partition coefficient (Wildman–Crippen LogP) is 4.85. The van der Waals surface area contributed by atoms with Crippen molar-refractivity contribution in [2.45, 2.75) is 45.4 Å². The van der Waals surface area contributed by atoms with Gasteiger partial charge in [-0.1, -0.05) is 73.4 Å². The van der Waals surface area contributed by atoms with Gasteiger partial charge in [0, 0.05) is 0 Å². The first-order chi connectivity index (χ1) is 5.91. The quantitative estimate of drug-likeness (QED) is 0.354. The molecule has 0 bridgehead atoms. The van der Waals surface area contributed by atoms with Crippen molar-refractivity contribution < 1.29 is 0 Å². The van der Waals surface area contributed by atoms with E-state index in [1.165, 1.54) is 38.5 Å². The highest BCUT2D eigenvalue weighted by molar-refractivity contribution is 14.1. The SMILES string of the molecule is CCCCCCC/C=C\C=C/I. The van der Waals surface area contributed by atoms with Gasteiger partial charge in [-0.2, -0.15) is 0 Å². The van der Waals surface area contributed by atoms with Gasteiger partial charge >= 0.3 is 0 Å². The first kappa shape index (κ1) is 12.2. The first-order valence-electron chi connectivity index (χ1n) is 4.83. The molecule has 0 aliphatic rings. The van der Waals surface area contributed by atoms with Gasteiger partial charge < -0.3 is 0 Å². The van der Waals surface area contributed by atoms with Gasteiger partial charge in [-0.3, -0.25) is 0 Å². The molecule has 0 rings (SSSR count). The smallest absolute Gasteiger partial charge is 0.0234 e. The van der Waals surface area contributed by atoms with E-state index >= 15 is 0 Å². The second-order valence-corrected chi connectivity index (χ2v) is 3.67. The third-order valence-corrected chi connectivity index (χ3v) is 2.21. The van der Waals surface area contributed by atoms with Gasteiger partial charge in [-0.15, -0.1) is 0 Å². The zero-order valence-corrected chi connectivity index (χ0v) is 10.1. The molecule has 0 fully saturated rings. The molecule has 0 unspecified atom stereocenters. The number of allylic oxidation sites excluding steroid dienone is 3. The monoisotopic (exact) mass is 278 g/mol. The van der Waals surface area contributed by atoms with Gasteiger partial charge in [0.15, 0.2) is 0 Å². The second-order valence-electron chi connectivity index (χ2n) is 2.95. The van der Waals surface area contributed by atoms with Gasteiger partial charge in [0.05, 0.1) is 0 Å². The van der Waals surface area contributed by atoms with Crippen LogP contribution in [-0.4, -0.2) is 0 Å². The zero-order chi connectivity index (χ0) is 9.07. The van der Waals surface area contributed by atoms with E-state index in [0.717, 1.165) is 0 Å². The minimum atomic E-state index is 1.24. The summed E-state index contributed by atoms with van der Waals surface area (Å²) in [6.45, 7) is 2.26. The first-order valence-corrected chi connectivity index (χ1v) is 6.08. The molecule has 0 nitrogen and oxygen atoms in total. The summed E-state index contributed by atoms with van der Waals surface area (Å²) in [6, 6.07) is 0. The summed E-state index contributed by atoms with van der Waals surface area (Å²) in [7, 11) is 0. The molecule has 0 aromatic heterocycles. The summed E-state index contributed by atoms with van der Waals surface area (Å²) >= 11 is 2.24. The fourth-order valence-electron chi connectivity index (χ4n) is 1.08. The Labute approximate surface area is 90.3 Å². The van der Waals surface area contributed by atoms with Gasteiger partial charge in [-0.05, 0) is 16.9 Å². The molecule has 0 aromatic carbocycles. The summed E-state index contributed by atoms with van der Waals surface area (Å²) in [5.74, 6) is 0. The highest BCUT2D eigenvalue weighted by Gasteiger charge is 1.85. The maximum Gasteiger partial charge on any atom is -0.0234 e. The standard InChI is InChI=1S/C11H19I/c1-2-3-4-5-6-7-8-9-10-11-12/h8-11H,2-7H2,1H3/b9-8-,11-10-. The van der Waals surface area contributed by atoms with Crippen LogP contribution < -0.4 is 0 Å². The van der Waals surface area contributed by atoms with Crippen molar-refractivity contribution in [3.63, 3.8) is 0 Å². The van der Waals surface area contributed by atoms with Crippen molar-refractivity contribution in [2.24, 2.45) is 0 Å². The fourth-order valence-corrected chi connectivity index (χ4v) is 1.32. The molecule has 0 saturated heterocycles. The van der Waals surface area contributed by atoms with Crippen molar-refractivity contribution in [3.05, 3.63) is 22.3 Å². The normalized spacial score (nSPS) is 11.8.